The lowest BCUT2D eigenvalue weighted by Crippen LogP contribution is -2.31. The van der Waals surface area contributed by atoms with Crippen LogP contribution in [0.1, 0.15) is 12.1 Å². The highest BCUT2D eigenvalue weighted by Gasteiger charge is 2.28. The van der Waals surface area contributed by atoms with Crippen molar-refractivity contribution in [2.24, 2.45) is 0 Å². The summed E-state index contributed by atoms with van der Waals surface area (Å²) < 4.78 is 0. The van der Waals surface area contributed by atoms with E-state index in [0.29, 0.717) is 0 Å². The molecule has 1 fully saturated rings. The number of aryl methyl sites for hydroxylation is 1. The molecule has 2 heterocycles. The molecule has 5 nitrogen and oxygen atoms in total. The summed E-state index contributed by atoms with van der Waals surface area (Å²) in [5.74, 6) is 0.849. The van der Waals surface area contributed by atoms with Crippen molar-refractivity contribution >= 4 is 11.7 Å². The molecule has 1 N–H and O–H groups in total. The van der Waals surface area contributed by atoms with Crippen molar-refractivity contribution in [3.05, 3.63) is 18.1 Å². The quantitative estimate of drug-likeness (QED) is 0.762. The molecule has 1 aromatic rings. The van der Waals surface area contributed by atoms with Gasteiger partial charge in [0.2, 0.25) is 5.91 Å². The van der Waals surface area contributed by atoms with Gasteiger partial charge in [-0.05, 0) is 13.3 Å². The van der Waals surface area contributed by atoms with Crippen molar-refractivity contribution in [2.75, 3.05) is 18.9 Å². The Hall–Kier alpha value is -1.65. The third kappa shape index (κ3) is 2.06. The van der Waals surface area contributed by atoms with E-state index in [2.05, 4.69) is 15.3 Å². The number of likely N-dealkylation sites (N-methyl/N-ethyl adjacent to an activating group) is 1. The molecule has 1 amide bonds. The molecule has 2 rings (SSSR count). The topological polar surface area (TPSA) is 58.1 Å². The van der Waals surface area contributed by atoms with Crippen LogP contribution in [0.25, 0.3) is 0 Å². The fourth-order valence-corrected chi connectivity index (χ4v) is 1.67. The highest BCUT2D eigenvalue weighted by Crippen LogP contribution is 2.14. The van der Waals surface area contributed by atoms with Crippen molar-refractivity contribution in [2.45, 2.75) is 19.4 Å². The summed E-state index contributed by atoms with van der Waals surface area (Å²) in [6, 6.07) is 1.70. The first kappa shape index (κ1) is 9.89. The SMILES string of the molecule is Cc1cc(NC2CCN(C)C2=O)ncn1. The largest absolute Gasteiger partial charge is 0.358 e. The lowest BCUT2D eigenvalue weighted by molar-refractivity contribution is -0.127. The number of carbonyl (C=O) groups excluding carboxylic acids is 1. The van der Waals surface area contributed by atoms with E-state index in [1.807, 2.05) is 20.0 Å². The van der Waals surface area contributed by atoms with E-state index < -0.39 is 0 Å². The summed E-state index contributed by atoms with van der Waals surface area (Å²) in [6.45, 7) is 2.70. The summed E-state index contributed by atoms with van der Waals surface area (Å²) in [7, 11) is 1.81. The van der Waals surface area contributed by atoms with Gasteiger partial charge in [0, 0.05) is 25.4 Å². The number of anilines is 1. The average Bonchev–Trinajstić information content (AvgIpc) is 2.50. The maximum absolute atomic E-state index is 11.6. The highest BCUT2D eigenvalue weighted by molar-refractivity contribution is 5.86. The predicted molar refractivity (Wildman–Crippen MR) is 56.4 cm³/mol. The lowest BCUT2D eigenvalue weighted by Gasteiger charge is -2.12. The lowest BCUT2D eigenvalue weighted by atomic mass is 10.2. The molecule has 1 saturated heterocycles. The Bertz CT molecular complexity index is 379. The molecule has 1 aliphatic heterocycles. The van der Waals surface area contributed by atoms with Crippen molar-refractivity contribution in [3.63, 3.8) is 0 Å². The van der Waals surface area contributed by atoms with E-state index in [9.17, 15) is 4.79 Å². The number of rotatable bonds is 2. The molecule has 0 spiro atoms. The molecule has 0 aliphatic carbocycles. The number of aromatic nitrogens is 2. The van der Waals surface area contributed by atoms with Crippen molar-refractivity contribution in [1.29, 1.82) is 0 Å². The molecule has 1 aromatic heterocycles. The number of hydrogen-bond acceptors (Lipinski definition) is 4. The van der Waals surface area contributed by atoms with E-state index >= 15 is 0 Å². The molecular weight excluding hydrogens is 192 g/mol. The van der Waals surface area contributed by atoms with Crippen LogP contribution in [0.2, 0.25) is 0 Å². The number of likely N-dealkylation sites (tertiary alicyclic amines) is 1. The Morgan fingerprint density at radius 3 is 2.93 bits per heavy atom. The van der Waals surface area contributed by atoms with Crippen LogP contribution in [0, 0.1) is 6.92 Å². The number of carbonyl (C=O) groups is 1. The Morgan fingerprint density at radius 1 is 1.53 bits per heavy atom. The number of amides is 1. The highest BCUT2D eigenvalue weighted by atomic mass is 16.2. The summed E-state index contributed by atoms with van der Waals surface area (Å²) >= 11 is 0. The third-order valence-electron chi connectivity index (χ3n) is 2.55. The zero-order chi connectivity index (χ0) is 10.8. The van der Waals surface area contributed by atoms with Gasteiger partial charge in [-0.15, -0.1) is 0 Å². The minimum Gasteiger partial charge on any atom is -0.358 e. The van der Waals surface area contributed by atoms with Gasteiger partial charge in [-0.1, -0.05) is 0 Å². The van der Waals surface area contributed by atoms with Gasteiger partial charge >= 0.3 is 0 Å². The van der Waals surface area contributed by atoms with Crippen LogP contribution in [0.5, 0.6) is 0 Å². The van der Waals surface area contributed by atoms with Crippen LogP contribution in [0.15, 0.2) is 12.4 Å². The van der Waals surface area contributed by atoms with Gasteiger partial charge in [0.05, 0.1) is 0 Å². The van der Waals surface area contributed by atoms with E-state index in [4.69, 9.17) is 0 Å². The molecule has 15 heavy (non-hydrogen) atoms. The molecule has 1 aliphatic rings. The molecule has 1 unspecified atom stereocenters. The van der Waals surface area contributed by atoms with E-state index in [0.717, 1.165) is 24.5 Å². The molecule has 0 aromatic carbocycles. The second kappa shape index (κ2) is 3.84. The molecule has 1 atom stereocenters. The Kier molecular flexibility index (Phi) is 2.53. The number of nitrogens with zero attached hydrogens (tertiary/aromatic N) is 3. The first-order valence-corrected chi connectivity index (χ1v) is 4.97. The number of nitrogens with one attached hydrogen (secondary N) is 1. The monoisotopic (exact) mass is 206 g/mol. The van der Waals surface area contributed by atoms with Gasteiger partial charge in [-0.25, -0.2) is 9.97 Å². The first-order valence-electron chi connectivity index (χ1n) is 4.97. The van der Waals surface area contributed by atoms with E-state index in [1.54, 1.807) is 4.90 Å². The Morgan fingerprint density at radius 2 is 2.33 bits per heavy atom. The van der Waals surface area contributed by atoms with Gasteiger partial charge in [-0.3, -0.25) is 4.79 Å². The molecule has 5 heteroatoms. The maximum Gasteiger partial charge on any atom is 0.244 e. The zero-order valence-corrected chi connectivity index (χ0v) is 8.90. The maximum atomic E-state index is 11.6. The smallest absolute Gasteiger partial charge is 0.244 e. The summed E-state index contributed by atoms with van der Waals surface area (Å²) in [5.41, 5.74) is 0.895. The van der Waals surface area contributed by atoms with Crippen LogP contribution in [0.3, 0.4) is 0 Å². The second-order valence-electron chi connectivity index (χ2n) is 3.79. The van der Waals surface area contributed by atoms with Gasteiger partial charge in [0.15, 0.2) is 0 Å². The standard InChI is InChI=1S/C10H14N4O/c1-7-5-9(12-6-11-7)13-8-3-4-14(2)10(8)15/h5-6,8H,3-4H2,1-2H3,(H,11,12,13). The summed E-state index contributed by atoms with van der Waals surface area (Å²) in [5, 5.41) is 3.12. The zero-order valence-electron chi connectivity index (χ0n) is 8.90. The van der Waals surface area contributed by atoms with Crippen LogP contribution in [-0.2, 0) is 4.79 Å². The van der Waals surface area contributed by atoms with E-state index in [1.165, 1.54) is 6.33 Å². The second-order valence-corrected chi connectivity index (χ2v) is 3.79. The summed E-state index contributed by atoms with van der Waals surface area (Å²) in [4.78, 5) is 21.4. The predicted octanol–water partition coefficient (Wildman–Crippen LogP) is 0.428. The fourth-order valence-electron chi connectivity index (χ4n) is 1.67. The normalized spacial score (nSPS) is 20.8. The molecule has 80 valence electrons. The first-order chi connectivity index (χ1) is 7.16. The minimum absolute atomic E-state index is 0.131. The van der Waals surface area contributed by atoms with Gasteiger partial charge < -0.3 is 10.2 Å². The van der Waals surface area contributed by atoms with Crippen LogP contribution >= 0.6 is 0 Å². The van der Waals surface area contributed by atoms with Gasteiger partial charge in [0.25, 0.3) is 0 Å². The Balaban J connectivity index is 2.06. The van der Waals surface area contributed by atoms with Crippen LogP contribution < -0.4 is 5.32 Å². The Labute approximate surface area is 88.5 Å². The molecule has 0 saturated carbocycles. The van der Waals surface area contributed by atoms with Crippen molar-refractivity contribution in [1.82, 2.24) is 14.9 Å². The van der Waals surface area contributed by atoms with Crippen LogP contribution in [0.4, 0.5) is 5.82 Å². The van der Waals surface area contributed by atoms with Crippen LogP contribution in [-0.4, -0.2) is 40.4 Å². The molecular formula is C10H14N4O. The molecule has 0 bridgehead atoms. The third-order valence-corrected chi connectivity index (χ3v) is 2.55. The van der Waals surface area contributed by atoms with Crippen molar-refractivity contribution in [3.8, 4) is 0 Å². The minimum atomic E-state index is -0.135. The average molecular weight is 206 g/mol. The fraction of sp³-hybridized carbons (Fsp3) is 0.500. The van der Waals surface area contributed by atoms with Gasteiger partial charge in [0.1, 0.15) is 18.2 Å². The van der Waals surface area contributed by atoms with E-state index in [-0.39, 0.29) is 11.9 Å². The van der Waals surface area contributed by atoms with Crippen molar-refractivity contribution < 1.29 is 4.79 Å². The van der Waals surface area contributed by atoms with Gasteiger partial charge in [-0.2, -0.15) is 0 Å². The molecule has 0 radical (unpaired) electrons. The summed E-state index contributed by atoms with van der Waals surface area (Å²) in [6.07, 6.45) is 2.33. The number of hydrogen-bond donors (Lipinski definition) is 1.